The summed E-state index contributed by atoms with van der Waals surface area (Å²) in [6.07, 6.45) is 5.68. The first kappa shape index (κ1) is 18.0. The highest BCUT2D eigenvalue weighted by Crippen LogP contribution is 2.50. The van der Waals surface area contributed by atoms with Crippen molar-refractivity contribution in [3.05, 3.63) is 42.1 Å². The summed E-state index contributed by atoms with van der Waals surface area (Å²) in [5.41, 5.74) is 1.97. The first-order chi connectivity index (χ1) is 13.7. The molecule has 4 unspecified atom stereocenters. The van der Waals surface area contributed by atoms with E-state index in [0.717, 1.165) is 22.2 Å². The Morgan fingerprint density at radius 1 is 1.07 bits per heavy atom. The molecule has 3 aliphatic rings. The van der Waals surface area contributed by atoms with Gasteiger partial charge in [0.15, 0.2) is 5.78 Å². The minimum absolute atomic E-state index is 0.103. The topological polar surface area (TPSA) is 70.6 Å². The second-order valence-electron chi connectivity index (χ2n) is 9.13. The van der Waals surface area contributed by atoms with Gasteiger partial charge in [-0.25, -0.2) is 0 Å². The lowest BCUT2D eigenvalue weighted by molar-refractivity contribution is -0.146. The van der Waals surface area contributed by atoms with Gasteiger partial charge in [0.1, 0.15) is 6.04 Å². The van der Waals surface area contributed by atoms with E-state index in [4.69, 9.17) is 0 Å². The van der Waals surface area contributed by atoms with Crippen LogP contribution < -0.4 is 4.90 Å². The van der Waals surface area contributed by atoms with Crippen LogP contribution in [0.3, 0.4) is 0 Å². The summed E-state index contributed by atoms with van der Waals surface area (Å²) in [4.78, 5) is 47.5. The SMILES string of the molecule is CC(=O)C1C2C(=O)N(C(C)(C)C)C(=O)C2C2C=Cc3ccc4cccnc4c3N21. The number of imide groups is 1. The van der Waals surface area contributed by atoms with Gasteiger partial charge in [0.05, 0.1) is 29.1 Å². The molecule has 29 heavy (non-hydrogen) atoms. The molecule has 1 aromatic carbocycles. The third-order valence-electron chi connectivity index (χ3n) is 6.32. The fourth-order valence-electron chi connectivity index (χ4n) is 5.30. The van der Waals surface area contributed by atoms with Gasteiger partial charge in [0.25, 0.3) is 0 Å². The van der Waals surface area contributed by atoms with Crippen molar-refractivity contribution in [1.82, 2.24) is 9.88 Å². The zero-order valence-corrected chi connectivity index (χ0v) is 16.9. The summed E-state index contributed by atoms with van der Waals surface area (Å²) in [6.45, 7) is 7.08. The molecule has 0 bridgehead atoms. The van der Waals surface area contributed by atoms with Gasteiger partial charge >= 0.3 is 0 Å². The molecular formula is C23H23N3O3. The smallest absolute Gasteiger partial charge is 0.236 e. The number of Topliss-reactive ketones (excluding diaryl/α,β-unsaturated/α-hetero) is 1. The van der Waals surface area contributed by atoms with E-state index in [0.29, 0.717) is 0 Å². The number of amides is 2. The average Bonchev–Trinajstić information content (AvgIpc) is 3.14. The molecule has 0 radical (unpaired) electrons. The molecule has 0 saturated carbocycles. The van der Waals surface area contributed by atoms with Crippen molar-refractivity contribution < 1.29 is 14.4 Å². The highest BCUT2D eigenvalue weighted by molar-refractivity contribution is 6.12. The molecule has 0 aliphatic carbocycles. The van der Waals surface area contributed by atoms with Crippen LogP contribution in [0.5, 0.6) is 0 Å². The summed E-state index contributed by atoms with van der Waals surface area (Å²) in [6, 6.07) is 6.85. The lowest BCUT2D eigenvalue weighted by Gasteiger charge is -2.38. The Balaban J connectivity index is 1.73. The number of benzene rings is 1. The number of hydrogen-bond acceptors (Lipinski definition) is 5. The largest absolute Gasteiger partial charge is 0.351 e. The Kier molecular flexibility index (Phi) is 3.58. The number of pyridine rings is 1. The number of carbonyl (C=O) groups is 3. The second kappa shape index (κ2) is 5.75. The van der Waals surface area contributed by atoms with Crippen molar-refractivity contribution in [3.63, 3.8) is 0 Å². The van der Waals surface area contributed by atoms with Gasteiger partial charge < -0.3 is 4.90 Å². The summed E-state index contributed by atoms with van der Waals surface area (Å²) in [7, 11) is 0. The van der Waals surface area contributed by atoms with Gasteiger partial charge in [0.2, 0.25) is 11.8 Å². The zero-order chi connectivity index (χ0) is 20.7. The molecule has 3 aliphatic heterocycles. The maximum absolute atomic E-state index is 13.4. The molecule has 1 aromatic heterocycles. The number of hydrogen-bond donors (Lipinski definition) is 0. The van der Waals surface area contributed by atoms with Crippen molar-refractivity contribution in [1.29, 1.82) is 0 Å². The van der Waals surface area contributed by atoms with Crippen LogP contribution in [0.4, 0.5) is 5.69 Å². The van der Waals surface area contributed by atoms with E-state index in [1.165, 1.54) is 11.8 Å². The predicted molar refractivity (Wildman–Crippen MR) is 110 cm³/mol. The highest BCUT2D eigenvalue weighted by atomic mass is 16.2. The summed E-state index contributed by atoms with van der Waals surface area (Å²) < 4.78 is 0. The van der Waals surface area contributed by atoms with Gasteiger partial charge in [-0.05, 0) is 39.3 Å². The van der Waals surface area contributed by atoms with Crippen molar-refractivity contribution >= 4 is 40.3 Å². The first-order valence-electron chi connectivity index (χ1n) is 9.94. The van der Waals surface area contributed by atoms with E-state index < -0.39 is 23.4 Å². The molecule has 6 nitrogen and oxygen atoms in total. The Hall–Kier alpha value is -3.02. The third-order valence-corrected chi connectivity index (χ3v) is 6.32. The highest BCUT2D eigenvalue weighted by Gasteiger charge is 2.64. The Morgan fingerprint density at radius 2 is 1.79 bits per heavy atom. The molecule has 6 heteroatoms. The number of anilines is 1. The quantitative estimate of drug-likeness (QED) is 0.702. The van der Waals surface area contributed by atoms with E-state index in [1.807, 2.05) is 62.1 Å². The third kappa shape index (κ3) is 2.29. The lowest BCUT2D eigenvalue weighted by atomic mass is 9.88. The molecule has 4 heterocycles. The van der Waals surface area contributed by atoms with Crippen LogP contribution in [0.1, 0.15) is 33.3 Å². The number of fused-ring (bicyclic) bond motifs is 7. The summed E-state index contributed by atoms with van der Waals surface area (Å²) >= 11 is 0. The van der Waals surface area contributed by atoms with Crippen LogP contribution in [0.2, 0.25) is 0 Å². The number of rotatable bonds is 1. The van der Waals surface area contributed by atoms with E-state index in [2.05, 4.69) is 4.98 Å². The Labute approximate surface area is 169 Å². The van der Waals surface area contributed by atoms with Gasteiger partial charge in [-0.3, -0.25) is 24.3 Å². The monoisotopic (exact) mass is 389 g/mol. The lowest BCUT2D eigenvalue weighted by Crippen LogP contribution is -2.52. The maximum atomic E-state index is 13.4. The van der Waals surface area contributed by atoms with Gasteiger partial charge in [0, 0.05) is 17.1 Å². The van der Waals surface area contributed by atoms with Gasteiger partial charge in [-0.2, -0.15) is 0 Å². The van der Waals surface area contributed by atoms with Crippen LogP contribution in [0, 0.1) is 11.8 Å². The van der Waals surface area contributed by atoms with E-state index in [9.17, 15) is 14.4 Å². The molecule has 4 atom stereocenters. The minimum Gasteiger partial charge on any atom is -0.351 e. The van der Waals surface area contributed by atoms with Crippen molar-refractivity contribution in [2.24, 2.45) is 11.8 Å². The first-order valence-corrected chi connectivity index (χ1v) is 9.94. The summed E-state index contributed by atoms with van der Waals surface area (Å²) in [5.74, 6) is -1.76. The van der Waals surface area contributed by atoms with Gasteiger partial charge in [-0.15, -0.1) is 0 Å². The normalized spacial score (nSPS) is 28.0. The average molecular weight is 389 g/mol. The van der Waals surface area contributed by atoms with Crippen LogP contribution in [-0.4, -0.2) is 45.1 Å². The molecule has 5 rings (SSSR count). The molecule has 0 N–H and O–H groups in total. The molecule has 0 spiro atoms. The number of nitrogens with zero attached hydrogens (tertiary/aromatic N) is 3. The number of carbonyl (C=O) groups excluding carboxylic acids is 3. The standard InChI is InChI=1S/C23H23N3O3/c1-12(27)19-17-16(21(28)26(22(17)29)23(2,3)4)15-10-9-14-8-7-13-6-5-11-24-18(13)20(14)25(15)19/h5-11,15-17,19H,1-4H3. The second-order valence-corrected chi connectivity index (χ2v) is 9.13. The zero-order valence-electron chi connectivity index (χ0n) is 16.9. The Bertz CT molecular complexity index is 1110. The fourth-order valence-corrected chi connectivity index (χ4v) is 5.30. The van der Waals surface area contributed by atoms with E-state index in [1.54, 1.807) is 6.20 Å². The molecule has 2 saturated heterocycles. The van der Waals surface area contributed by atoms with Crippen LogP contribution in [0.25, 0.3) is 17.0 Å². The molecule has 2 amide bonds. The number of ketones is 1. The predicted octanol–water partition coefficient (Wildman–Crippen LogP) is 2.81. The van der Waals surface area contributed by atoms with Crippen molar-refractivity contribution in [2.45, 2.75) is 45.3 Å². The fraction of sp³-hybridized carbons (Fsp3) is 0.391. The van der Waals surface area contributed by atoms with Gasteiger partial charge in [-0.1, -0.05) is 30.4 Å². The van der Waals surface area contributed by atoms with Crippen LogP contribution >= 0.6 is 0 Å². The molecule has 2 fully saturated rings. The number of aromatic nitrogens is 1. The van der Waals surface area contributed by atoms with Crippen LogP contribution in [-0.2, 0) is 14.4 Å². The van der Waals surface area contributed by atoms with Crippen molar-refractivity contribution in [2.75, 3.05) is 4.90 Å². The van der Waals surface area contributed by atoms with E-state index >= 15 is 0 Å². The number of likely N-dealkylation sites (tertiary alicyclic amines) is 1. The minimum atomic E-state index is -0.676. The Morgan fingerprint density at radius 3 is 2.48 bits per heavy atom. The maximum Gasteiger partial charge on any atom is 0.236 e. The molecular weight excluding hydrogens is 366 g/mol. The summed E-state index contributed by atoms with van der Waals surface area (Å²) in [5, 5.41) is 0.966. The van der Waals surface area contributed by atoms with Crippen LogP contribution in [0.15, 0.2) is 36.5 Å². The molecule has 148 valence electrons. The van der Waals surface area contributed by atoms with E-state index in [-0.39, 0.29) is 23.6 Å². The molecule has 2 aromatic rings. The van der Waals surface area contributed by atoms with Crippen molar-refractivity contribution in [3.8, 4) is 0 Å².